The molecule has 1 aromatic carbocycles. The van der Waals surface area contributed by atoms with E-state index >= 15 is 0 Å². The number of carbonyl (C=O) groups is 1. The summed E-state index contributed by atoms with van der Waals surface area (Å²) in [5, 5.41) is 8.86. The van der Waals surface area contributed by atoms with Crippen LogP contribution in [0, 0.1) is 0 Å². The molecule has 0 unspecified atom stereocenters. The molecular weight excluding hydrogens is 258 g/mol. The summed E-state index contributed by atoms with van der Waals surface area (Å²) in [7, 11) is 3.84. The first kappa shape index (κ1) is 11.8. The van der Waals surface area contributed by atoms with Gasteiger partial charge in [-0.15, -0.1) is 0 Å². The normalized spacial score (nSPS) is 10.6. The number of hydrogen-bond donors (Lipinski definition) is 1. The molecule has 0 atom stereocenters. The molecule has 0 bridgehead atoms. The zero-order chi connectivity index (χ0) is 11.4. The van der Waals surface area contributed by atoms with Crippen molar-refractivity contribution in [3.8, 4) is 0 Å². The molecule has 0 radical (unpaired) electrons. The molecule has 0 saturated carbocycles. The van der Waals surface area contributed by atoms with Gasteiger partial charge in [-0.1, -0.05) is 15.9 Å². The number of rotatable bonds is 3. The largest absolute Gasteiger partial charge is 0.478 e. The Morgan fingerprint density at radius 3 is 2.60 bits per heavy atom. The number of anilines is 1. The van der Waals surface area contributed by atoms with Gasteiger partial charge in [-0.2, -0.15) is 0 Å². The van der Waals surface area contributed by atoms with Crippen LogP contribution in [0.4, 0.5) is 5.69 Å². The van der Waals surface area contributed by atoms with Crippen LogP contribution >= 0.6 is 15.9 Å². The minimum atomic E-state index is -0.912. The van der Waals surface area contributed by atoms with Crippen molar-refractivity contribution >= 4 is 33.7 Å². The van der Waals surface area contributed by atoms with Gasteiger partial charge in [0, 0.05) is 19.8 Å². The summed E-state index contributed by atoms with van der Waals surface area (Å²) in [6, 6.07) is 5.05. The van der Waals surface area contributed by atoms with Gasteiger partial charge in [0.15, 0.2) is 0 Å². The van der Waals surface area contributed by atoms with E-state index in [4.69, 9.17) is 5.11 Å². The number of halogens is 1. The molecule has 80 valence electrons. The van der Waals surface area contributed by atoms with Crippen molar-refractivity contribution in [3.05, 3.63) is 34.3 Å². The second-order valence-corrected chi connectivity index (χ2v) is 3.79. The van der Waals surface area contributed by atoms with E-state index < -0.39 is 5.97 Å². The Labute approximate surface area is 97.1 Å². The molecule has 0 amide bonds. The smallest absolute Gasteiger partial charge is 0.335 e. The minimum absolute atomic E-state index is 0.293. The first-order valence-electron chi connectivity index (χ1n) is 4.37. The predicted molar refractivity (Wildman–Crippen MR) is 65.7 cm³/mol. The van der Waals surface area contributed by atoms with Crippen LogP contribution in [-0.2, 0) is 0 Å². The molecule has 0 heterocycles. The van der Waals surface area contributed by atoms with E-state index in [0.29, 0.717) is 5.56 Å². The fourth-order valence-electron chi connectivity index (χ4n) is 1.30. The minimum Gasteiger partial charge on any atom is -0.478 e. The van der Waals surface area contributed by atoms with Crippen LogP contribution in [0.1, 0.15) is 15.9 Å². The molecular formula is C11H12BrNO2. The summed E-state index contributed by atoms with van der Waals surface area (Å²) >= 11 is 3.18. The van der Waals surface area contributed by atoms with Gasteiger partial charge in [-0.25, -0.2) is 4.79 Å². The SMILES string of the molecule is CN(C)c1ccc(C(=O)O)cc1/C=C/Br. The van der Waals surface area contributed by atoms with E-state index in [-0.39, 0.29) is 0 Å². The summed E-state index contributed by atoms with van der Waals surface area (Å²) in [6.07, 6.45) is 1.82. The van der Waals surface area contributed by atoms with Crippen molar-refractivity contribution in [1.29, 1.82) is 0 Å². The molecule has 0 fully saturated rings. The van der Waals surface area contributed by atoms with E-state index in [1.54, 1.807) is 23.2 Å². The van der Waals surface area contributed by atoms with Crippen LogP contribution in [0.15, 0.2) is 23.2 Å². The quantitative estimate of drug-likeness (QED) is 0.918. The van der Waals surface area contributed by atoms with Crippen molar-refractivity contribution in [2.24, 2.45) is 0 Å². The van der Waals surface area contributed by atoms with Gasteiger partial charge in [-0.05, 0) is 34.8 Å². The third-order valence-electron chi connectivity index (χ3n) is 2.00. The summed E-state index contributed by atoms with van der Waals surface area (Å²) in [5.41, 5.74) is 2.15. The lowest BCUT2D eigenvalue weighted by Gasteiger charge is -2.15. The van der Waals surface area contributed by atoms with Crippen LogP contribution in [0.5, 0.6) is 0 Å². The summed E-state index contributed by atoms with van der Waals surface area (Å²) < 4.78 is 0. The molecule has 0 aromatic heterocycles. The highest BCUT2D eigenvalue weighted by molar-refractivity contribution is 9.11. The lowest BCUT2D eigenvalue weighted by molar-refractivity contribution is 0.0697. The number of hydrogen-bond acceptors (Lipinski definition) is 2. The van der Waals surface area contributed by atoms with Crippen molar-refractivity contribution < 1.29 is 9.90 Å². The number of nitrogens with zero attached hydrogens (tertiary/aromatic N) is 1. The number of carboxylic acids is 1. The van der Waals surface area contributed by atoms with Crippen molar-refractivity contribution in [3.63, 3.8) is 0 Å². The van der Waals surface area contributed by atoms with Crippen LogP contribution in [-0.4, -0.2) is 25.2 Å². The van der Waals surface area contributed by atoms with Crippen molar-refractivity contribution in [2.75, 3.05) is 19.0 Å². The number of benzene rings is 1. The van der Waals surface area contributed by atoms with E-state index in [1.165, 1.54) is 0 Å². The fraction of sp³-hybridized carbons (Fsp3) is 0.182. The molecule has 0 aliphatic rings. The molecule has 1 N–H and O–H groups in total. The lowest BCUT2D eigenvalue weighted by Crippen LogP contribution is -2.10. The Bertz CT molecular complexity index is 400. The Morgan fingerprint density at radius 1 is 1.47 bits per heavy atom. The second-order valence-electron chi connectivity index (χ2n) is 3.27. The van der Waals surface area contributed by atoms with Crippen LogP contribution < -0.4 is 4.90 Å². The predicted octanol–water partition coefficient (Wildman–Crippen LogP) is 2.82. The Hall–Kier alpha value is -1.29. The van der Waals surface area contributed by atoms with Gasteiger partial charge < -0.3 is 10.0 Å². The maximum absolute atomic E-state index is 10.8. The molecule has 0 spiro atoms. The first-order chi connectivity index (χ1) is 7.06. The molecule has 1 rings (SSSR count). The monoisotopic (exact) mass is 269 g/mol. The van der Waals surface area contributed by atoms with Gasteiger partial charge in [0.25, 0.3) is 0 Å². The van der Waals surface area contributed by atoms with Crippen molar-refractivity contribution in [2.45, 2.75) is 0 Å². The van der Waals surface area contributed by atoms with Crippen LogP contribution in [0.2, 0.25) is 0 Å². The first-order valence-corrected chi connectivity index (χ1v) is 5.29. The topological polar surface area (TPSA) is 40.5 Å². The van der Waals surface area contributed by atoms with Gasteiger partial charge in [-0.3, -0.25) is 0 Å². The summed E-state index contributed by atoms with van der Waals surface area (Å²) in [4.78, 5) is 14.4. The summed E-state index contributed by atoms with van der Waals surface area (Å²) in [5.74, 6) is -0.912. The van der Waals surface area contributed by atoms with E-state index in [2.05, 4.69) is 15.9 Å². The number of aromatic carboxylic acids is 1. The Morgan fingerprint density at radius 2 is 2.13 bits per heavy atom. The molecule has 3 nitrogen and oxygen atoms in total. The second kappa shape index (κ2) is 4.98. The maximum atomic E-state index is 10.8. The lowest BCUT2D eigenvalue weighted by atomic mass is 10.1. The zero-order valence-electron chi connectivity index (χ0n) is 8.57. The third-order valence-corrected chi connectivity index (χ3v) is 2.26. The molecule has 0 aliphatic heterocycles. The number of carboxylic acid groups (broad SMARTS) is 1. The zero-order valence-corrected chi connectivity index (χ0v) is 10.2. The third kappa shape index (κ3) is 2.83. The highest BCUT2D eigenvalue weighted by Gasteiger charge is 2.07. The summed E-state index contributed by atoms with van der Waals surface area (Å²) in [6.45, 7) is 0. The van der Waals surface area contributed by atoms with Gasteiger partial charge in [0.05, 0.1) is 5.56 Å². The average molecular weight is 270 g/mol. The van der Waals surface area contributed by atoms with Crippen LogP contribution in [0.25, 0.3) is 6.08 Å². The standard InChI is InChI=1S/C11H12BrNO2/c1-13(2)10-4-3-9(11(14)15)7-8(10)5-6-12/h3-7H,1-2H3,(H,14,15)/b6-5+. The molecule has 0 saturated heterocycles. The van der Waals surface area contributed by atoms with Gasteiger partial charge in [0.1, 0.15) is 0 Å². The molecule has 1 aromatic rings. The molecule has 15 heavy (non-hydrogen) atoms. The Kier molecular flexibility index (Phi) is 3.91. The maximum Gasteiger partial charge on any atom is 0.335 e. The highest BCUT2D eigenvalue weighted by atomic mass is 79.9. The molecule has 0 aliphatic carbocycles. The van der Waals surface area contributed by atoms with Crippen LogP contribution in [0.3, 0.4) is 0 Å². The van der Waals surface area contributed by atoms with Gasteiger partial charge in [0.2, 0.25) is 0 Å². The van der Waals surface area contributed by atoms with E-state index in [0.717, 1.165) is 11.3 Å². The van der Waals surface area contributed by atoms with E-state index in [1.807, 2.05) is 25.1 Å². The molecule has 4 heteroatoms. The average Bonchev–Trinajstić information content (AvgIpc) is 2.17. The highest BCUT2D eigenvalue weighted by Crippen LogP contribution is 2.22. The van der Waals surface area contributed by atoms with Gasteiger partial charge >= 0.3 is 5.97 Å². The Balaban J connectivity index is 3.26. The van der Waals surface area contributed by atoms with Crippen molar-refractivity contribution in [1.82, 2.24) is 0 Å². The van der Waals surface area contributed by atoms with E-state index in [9.17, 15) is 4.79 Å². The fourth-order valence-corrected chi connectivity index (χ4v) is 1.58.